The van der Waals surface area contributed by atoms with Gasteiger partial charge in [0, 0.05) is 13.2 Å². The van der Waals surface area contributed by atoms with Crippen molar-refractivity contribution in [2.24, 2.45) is 11.1 Å². The average molecular weight is 261 g/mol. The van der Waals surface area contributed by atoms with Crippen LogP contribution in [0.2, 0.25) is 6.04 Å². The van der Waals surface area contributed by atoms with Crippen LogP contribution in [0.1, 0.15) is 53.4 Å². The van der Waals surface area contributed by atoms with Crippen LogP contribution in [0.15, 0.2) is 0 Å². The largest absolute Gasteiger partial charge is 0.397 e. The highest BCUT2D eigenvalue weighted by atomic mass is 28.3. The van der Waals surface area contributed by atoms with Crippen molar-refractivity contribution >= 4 is 9.28 Å². The lowest BCUT2D eigenvalue weighted by Gasteiger charge is -2.30. The highest BCUT2D eigenvalue weighted by Crippen LogP contribution is 2.31. The summed E-state index contributed by atoms with van der Waals surface area (Å²) in [6.45, 7) is 10.9. The van der Waals surface area contributed by atoms with Crippen molar-refractivity contribution in [2.45, 2.75) is 59.4 Å². The summed E-state index contributed by atoms with van der Waals surface area (Å²) in [6, 6.07) is 1.11. The van der Waals surface area contributed by atoms with Crippen molar-refractivity contribution < 1.29 is 8.85 Å². The third kappa shape index (κ3) is 6.55. The highest BCUT2D eigenvalue weighted by molar-refractivity contribution is 6.44. The molecule has 4 heteroatoms. The van der Waals surface area contributed by atoms with Gasteiger partial charge in [-0.3, -0.25) is 0 Å². The quantitative estimate of drug-likeness (QED) is 0.582. The summed E-state index contributed by atoms with van der Waals surface area (Å²) in [4.78, 5) is 0. The average Bonchev–Trinajstić information content (AvgIpc) is 2.36. The molecule has 0 radical (unpaired) electrons. The zero-order valence-electron chi connectivity index (χ0n) is 12.1. The molecule has 104 valence electrons. The number of hydrogen-bond acceptors (Lipinski definition) is 3. The standard InChI is InChI=1S/C13H31NO2Si/c1-5-13(6-2,12-14)10-9-11-17(15-7-3)16-8-4/h17H,5-12,14H2,1-4H3. The molecule has 0 saturated carbocycles. The molecule has 0 aliphatic carbocycles. The van der Waals surface area contributed by atoms with Gasteiger partial charge < -0.3 is 14.6 Å². The Morgan fingerprint density at radius 1 is 1.00 bits per heavy atom. The van der Waals surface area contributed by atoms with Crippen LogP contribution in [0, 0.1) is 5.41 Å². The van der Waals surface area contributed by atoms with Crippen molar-refractivity contribution in [1.82, 2.24) is 0 Å². The van der Waals surface area contributed by atoms with E-state index in [0.717, 1.165) is 25.8 Å². The van der Waals surface area contributed by atoms with Crippen LogP contribution in [0.5, 0.6) is 0 Å². The van der Waals surface area contributed by atoms with E-state index in [4.69, 9.17) is 14.6 Å². The lowest BCUT2D eigenvalue weighted by atomic mass is 9.78. The minimum atomic E-state index is -1.40. The summed E-state index contributed by atoms with van der Waals surface area (Å²) in [5, 5.41) is 0. The highest BCUT2D eigenvalue weighted by Gasteiger charge is 2.24. The molecule has 0 atom stereocenters. The van der Waals surface area contributed by atoms with Gasteiger partial charge in [-0.1, -0.05) is 20.3 Å². The molecule has 0 amide bonds. The minimum Gasteiger partial charge on any atom is -0.397 e. The molecule has 0 aliphatic heterocycles. The number of hydrogen-bond donors (Lipinski definition) is 1. The molecule has 0 saturated heterocycles. The fourth-order valence-electron chi connectivity index (χ4n) is 2.22. The van der Waals surface area contributed by atoms with E-state index in [1.165, 1.54) is 25.7 Å². The zero-order chi connectivity index (χ0) is 13.1. The van der Waals surface area contributed by atoms with Crippen LogP contribution in [-0.2, 0) is 8.85 Å². The Balaban J connectivity index is 3.99. The first-order valence-corrected chi connectivity index (χ1v) is 8.87. The van der Waals surface area contributed by atoms with Crippen molar-refractivity contribution in [2.75, 3.05) is 19.8 Å². The van der Waals surface area contributed by atoms with Gasteiger partial charge in [0.15, 0.2) is 0 Å². The number of nitrogens with two attached hydrogens (primary N) is 1. The molecule has 3 nitrogen and oxygen atoms in total. The molecule has 0 bridgehead atoms. The minimum absolute atomic E-state index is 0.345. The van der Waals surface area contributed by atoms with Crippen LogP contribution in [0.4, 0.5) is 0 Å². The molecule has 0 aromatic rings. The van der Waals surface area contributed by atoms with Crippen molar-refractivity contribution in [3.63, 3.8) is 0 Å². The molecule has 0 aliphatic rings. The van der Waals surface area contributed by atoms with Crippen LogP contribution >= 0.6 is 0 Å². The van der Waals surface area contributed by atoms with Gasteiger partial charge >= 0.3 is 9.28 Å². The first-order valence-electron chi connectivity index (χ1n) is 7.11. The third-order valence-electron chi connectivity index (χ3n) is 3.79. The molecule has 17 heavy (non-hydrogen) atoms. The van der Waals surface area contributed by atoms with Gasteiger partial charge in [-0.2, -0.15) is 0 Å². The molecule has 0 unspecified atom stereocenters. The van der Waals surface area contributed by atoms with E-state index in [0.29, 0.717) is 5.41 Å². The first-order chi connectivity index (χ1) is 8.17. The van der Waals surface area contributed by atoms with Crippen LogP contribution in [0.25, 0.3) is 0 Å². The number of rotatable bonds is 11. The van der Waals surface area contributed by atoms with Crippen LogP contribution < -0.4 is 5.73 Å². The summed E-state index contributed by atoms with van der Waals surface area (Å²) < 4.78 is 11.4. The molecular formula is C13H31NO2Si. The van der Waals surface area contributed by atoms with E-state index >= 15 is 0 Å². The summed E-state index contributed by atoms with van der Waals surface area (Å²) in [5.74, 6) is 0. The summed E-state index contributed by atoms with van der Waals surface area (Å²) >= 11 is 0. The molecule has 0 aromatic heterocycles. The topological polar surface area (TPSA) is 44.5 Å². The summed E-state index contributed by atoms with van der Waals surface area (Å²) in [5.41, 5.74) is 6.26. The van der Waals surface area contributed by atoms with Gasteiger partial charge in [0.1, 0.15) is 0 Å². The van der Waals surface area contributed by atoms with Crippen molar-refractivity contribution in [3.8, 4) is 0 Å². The lowest BCUT2D eigenvalue weighted by molar-refractivity contribution is 0.205. The van der Waals surface area contributed by atoms with Crippen LogP contribution in [0.3, 0.4) is 0 Å². The molecule has 0 heterocycles. The van der Waals surface area contributed by atoms with E-state index in [1.807, 2.05) is 13.8 Å². The molecule has 0 spiro atoms. The Labute approximate surface area is 109 Å². The van der Waals surface area contributed by atoms with Gasteiger partial charge in [-0.05, 0) is 51.1 Å². The van der Waals surface area contributed by atoms with Gasteiger partial charge in [-0.25, -0.2) is 0 Å². The Morgan fingerprint density at radius 2 is 1.53 bits per heavy atom. The second kappa shape index (κ2) is 10.1. The smallest absolute Gasteiger partial charge is 0.321 e. The Hall–Kier alpha value is 0.0969. The lowest BCUT2D eigenvalue weighted by Crippen LogP contribution is -2.30. The second-order valence-electron chi connectivity index (χ2n) is 4.64. The van der Waals surface area contributed by atoms with E-state index < -0.39 is 9.28 Å². The fourth-order valence-corrected chi connectivity index (χ4v) is 3.94. The van der Waals surface area contributed by atoms with Gasteiger partial charge in [0.05, 0.1) is 0 Å². The maximum absolute atomic E-state index is 5.91. The van der Waals surface area contributed by atoms with Gasteiger partial charge in [-0.15, -0.1) is 0 Å². The molecular weight excluding hydrogens is 230 g/mol. The maximum Gasteiger partial charge on any atom is 0.321 e. The third-order valence-corrected chi connectivity index (χ3v) is 6.07. The SMILES string of the molecule is CCO[SiH](CCCC(CC)(CC)CN)OCC. The molecule has 0 fully saturated rings. The van der Waals surface area contributed by atoms with E-state index in [1.54, 1.807) is 0 Å². The van der Waals surface area contributed by atoms with Crippen molar-refractivity contribution in [3.05, 3.63) is 0 Å². The van der Waals surface area contributed by atoms with Crippen molar-refractivity contribution in [1.29, 1.82) is 0 Å². The first kappa shape index (κ1) is 17.1. The van der Waals surface area contributed by atoms with Gasteiger partial charge in [0.25, 0.3) is 0 Å². The van der Waals surface area contributed by atoms with Crippen LogP contribution in [-0.4, -0.2) is 29.0 Å². The van der Waals surface area contributed by atoms with E-state index in [9.17, 15) is 0 Å². The monoisotopic (exact) mass is 261 g/mol. The van der Waals surface area contributed by atoms with Gasteiger partial charge in [0.2, 0.25) is 0 Å². The molecule has 0 rings (SSSR count). The Kier molecular flexibility index (Phi) is 10.1. The Bertz CT molecular complexity index is 161. The summed E-state index contributed by atoms with van der Waals surface area (Å²) in [6.07, 6.45) is 4.75. The molecule has 0 aromatic carbocycles. The zero-order valence-corrected chi connectivity index (χ0v) is 13.3. The Morgan fingerprint density at radius 3 is 1.88 bits per heavy atom. The fraction of sp³-hybridized carbons (Fsp3) is 1.00. The predicted octanol–water partition coefficient (Wildman–Crippen LogP) is 2.83. The normalized spacial score (nSPS) is 12.4. The second-order valence-corrected chi connectivity index (χ2v) is 6.75. The maximum atomic E-state index is 5.91. The summed E-state index contributed by atoms with van der Waals surface area (Å²) in [7, 11) is -1.40. The predicted molar refractivity (Wildman–Crippen MR) is 76.5 cm³/mol. The van der Waals surface area contributed by atoms with E-state index in [-0.39, 0.29) is 0 Å². The van der Waals surface area contributed by atoms with E-state index in [2.05, 4.69) is 13.8 Å². The molecule has 2 N–H and O–H groups in total.